The molecule has 5 fully saturated rings. The van der Waals surface area contributed by atoms with Gasteiger partial charge in [-0.05, 0) is 121 Å². The van der Waals surface area contributed by atoms with Gasteiger partial charge in [0.1, 0.15) is 29.9 Å². The van der Waals surface area contributed by atoms with Crippen LogP contribution in [0.5, 0.6) is 0 Å². The first kappa shape index (κ1) is 52.6. The highest BCUT2D eigenvalue weighted by Gasteiger charge is 2.55. The lowest BCUT2D eigenvalue weighted by atomic mass is 9.80. The molecule has 0 spiro atoms. The predicted octanol–water partition coefficient (Wildman–Crippen LogP) is 8.20. The zero-order valence-corrected chi connectivity index (χ0v) is 38.0. The summed E-state index contributed by atoms with van der Waals surface area (Å²) in [6.07, 6.45) is 11.2. The van der Waals surface area contributed by atoms with Crippen molar-refractivity contribution >= 4 is 11.6 Å². The zero-order chi connectivity index (χ0) is 43.4. The Labute approximate surface area is 353 Å². The predicted molar refractivity (Wildman–Crippen MR) is 234 cm³/mol. The summed E-state index contributed by atoms with van der Waals surface area (Å²) in [5, 5.41) is 42.2. The second-order valence-electron chi connectivity index (χ2n) is 18.0. The molecule has 0 aromatic heterocycles. The maximum Gasteiger partial charge on any atom is 0.135 e. The maximum absolute atomic E-state index is 13.1. The number of carbonyl (C=O) groups excluding carboxylic acids is 2. The fourth-order valence-corrected chi connectivity index (χ4v) is 9.27. The molecule has 5 N–H and O–H groups in total. The first-order valence-electron chi connectivity index (χ1n) is 23.4. The first-order valence-corrected chi connectivity index (χ1v) is 23.4. The summed E-state index contributed by atoms with van der Waals surface area (Å²) in [5.74, 6) is 1.67. The quantitative estimate of drug-likeness (QED) is 0.0855. The molecule has 5 aliphatic rings. The number of carbonyl (C=O) groups is 2. The highest BCUT2D eigenvalue weighted by atomic mass is 16.6. The topological polar surface area (TPSA) is 155 Å². The molecule has 0 radical (unpaired) electrons. The van der Waals surface area contributed by atoms with Crippen LogP contribution >= 0.6 is 0 Å². The Kier molecular flexibility index (Phi) is 25.6. The van der Waals surface area contributed by atoms with Crippen molar-refractivity contribution < 1.29 is 44.2 Å². The molecule has 0 aromatic rings. The molecule has 0 amide bonds. The third-order valence-corrected chi connectivity index (χ3v) is 12.7. The second kappa shape index (κ2) is 28.2. The van der Waals surface area contributed by atoms with Crippen LogP contribution in [0, 0.1) is 23.7 Å². The van der Waals surface area contributed by atoms with Crippen LogP contribution in [0.3, 0.4) is 0 Å². The average Bonchev–Trinajstić information content (AvgIpc) is 3.87. The number of aliphatic hydroxyl groups is 4. The van der Waals surface area contributed by atoms with E-state index in [1.54, 1.807) is 0 Å². The molecule has 4 saturated heterocycles. The van der Waals surface area contributed by atoms with E-state index in [9.17, 15) is 19.8 Å². The molecular weight excluding hydrogens is 735 g/mol. The van der Waals surface area contributed by atoms with Gasteiger partial charge in [-0.15, -0.1) is 0 Å². The van der Waals surface area contributed by atoms with Crippen molar-refractivity contribution in [2.45, 2.75) is 232 Å². The summed E-state index contributed by atoms with van der Waals surface area (Å²) in [6.45, 7) is 25.4. The number of hydrogen-bond acceptors (Lipinski definition) is 10. The fraction of sp³-hybridized carbons (Fsp3) is 0.875. The molecule has 10 nitrogen and oxygen atoms in total. The molecule has 0 aromatic carbocycles. The van der Waals surface area contributed by atoms with Crippen molar-refractivity contribution in [2.24, 2.45) is 23.7 Å². The van der Waals surface area contributed by atoms with Gasteiger partial charge in [0.2, 0.25) is 0 Å². The van der Waals surface area contributed by atoms with Gasteiger partial charge in [0.15, 0.2) is 0 Å². The van der Waals surface area contributed by atoms with Crippen molar-refractivity contribution in [1.82, 2.24) is 5.32 Å². The lowest BCUT2D eigenvalue weighted by Gasteiger charge is -2.42. The van der Waals surface area contributed by atoms with Crippen molar-refractivity contribution in [3.63, 3.8) is 0 Å². The van der Waals surface area contributed by atoms with E-state index in [2.05, 4.69) is 53.1 Å². The molecule has 1 aliphatic carbocycles. The van der Waals surface area contributed by atoms with Gasteiger partial charge in [0.05, 0.1) is 43.2 Å². The zero-order valence-electron chi connectivity index (χ0n) is 38.0. The Morgan fingerprint density at radius 3 is 2.05 bits per heavy atom. The van der Waals surface area contributed by atoms with Crippen LogP contribution in [0.15, 0.2) is 24.3 Å². The maximum atomic E-state index is 13.1. The van der Waals surface area contributed by atoms with E-state index in [0.29, 0.717) is 43.4 Å². The van der Waals surface area contributed by atoms with Crippen molar-refractivity contribution in [3.05, 3.63) is 24.3 Å². The molecule has 10 heteroatoms. The molecule has 4 heterocycles. The van der Waals surface area contributed by atoms with Crippen molar-refractivity contribution in [2.75, 3.05) is 13.2 Å². The number of ether oxygens (including phenoxy) is 3. The van der Waals surface area contributed by atoms with Gasteiger partial charge < -0.3 is 40.0 Å². The number of hydrogen-bond donors (Lipinski definition) is 5. The summed E-state index contributed by atoms with van der Waals surface area (Å²) in [5.41, 5.74) is 2.53. The van der Waals surface area contributed by atoms with Gasteiger partial charge in [-0.25, -0.2) is 0 Å². The van der Waals surface area contributed by atoms with E-state index in [1.807, 2.05) is 13.8 Å². The average molecular weight is 822 g/mol. The molecule has 0 bridgehead atoms. The Bertz CT molecular complexity index is 1180. The molecule has 13 atom stereocenters. The van der Waals surface area contributed by atoms with Gasteiger partial charge in [-0.1, -0.05) is 73.1 Å². The molecule has 5 rings (SSSR count). The Balaban J connectivity index is 0.00000105. The minimum absolute atomic E-state index is 0.0104. The molecule has 338 valence electrons. The SMILES string of the molecule is C=C1CCC(CC[C@@H]2OC(CCC(=O)CC3OC4C(O)[C@@H](CCC)C(CCC(C)CC(=O)CC5CCN[C@H]5C)O[C@H]4C3O)CC2=C)CC1.CC.CC(O)CO.CCC. The van der Waals surface area contributed by atoms with Gasteiger partial charge in [0.25, 0.3) is 0 Å². The van der Waals surface area contributed by atoms with Crippen LogP contribution in [0.4, 0.5) is 0 Å². The number of nitrogens with one attached hydrogen (secondary N) is 1. The standard InChI is InChI=1S/C40H65NO7.C3H8O2.C3H8.C2H6/c1-6-7-33-35(16-10-25(3)20-31(43)22-29-18-19-41-27(29)5)47-40-38(45)36(48-39(40)37(33)44)23-30(42)14-15-32-21-26(4)34(46-32)17-13-28-11-8-24(2)9-12-28;1-3(5)2-4;1-3-2;1-2/h25,27-29,32-41,44-45H,2,4,6-23H2,1,3,5H3;3-5H,2H2,1H3;3H2,1-2H3;1-2H3/t25?,27-,29?,32?,33-,34-,35?,36?,37?,38?,39?,40-;;;/m0.../s1. The molecular formula is C48H87NO9. The van der Waals surface area contributed by atoms with E-state index in [4.69, 9.17) is 24.4 Å². The van der Waals surface area contributed by atoms with E-state index in [0.717, 1.165) is 82.2 Å². The normalized spacial score (nSPS) is 33.1. The number of ketones is 2. The van der Waals surface area contributed by atoms with E-state index < -0.39 is 36.6 Å². The van der Waals surface area contributed by atoms with Crippen LogP contribution < -0.4 is 5.32 Å². The van der Waals surface area contributed by atoms with Gasteiger partial charge in [-0.3, -0.25) is 9.59 Å². The minimum atomic E-state index is -0.969. The monoisotopic (exact) mass is 822 g/mol. The summed E-state index contributed by atoms with van der Waals surface area (Å²) in [4.78, 5) is 25.9. The summed E-state index contributed by atoms with van der Waals surface area (Å²) >= 11 is 0. The fourth-order valence-electron chi connectivity index (χ4n) is 9.27. The van der Waals surface area contributed by atoms with Gasteiger partial charge in [0, 0.05) is 37.6 Å². The summed E-state index contributed by atoms with van der Waals surface area (Å²) in [7, 11) is 0. The van der Waals surface area contributed by atoms with Crippen LogP contribution in [-0.2, 0) is 23.8 Å². The number of fused-ring (bicyclic) bond motifs is 1. The first-order chi connectivity index (χ1) is 27.7. The van der Waals surface area contributed by atoms with Gasteiger partial charge >= 0.3 is 0 Å². The highest BCUT2D eigenvalue weighted by molar-refractivity contribution is 5.79. The largest absolute Gasteiger partial charge is 0.394 e. The Morgan fingerprint density at radius 1 is 0.845 bits per heavy atom. The minimum Gasteiger partial charge on any atom is -0.394 e. The van der Waals surface area contributed by atoms with Crippen LogP contribution in [0.25, 0.3) is 0 Å². The number of allylic oxidation sites excluding steroid dienone is 1. The van der Waals surface area contributed by atoms with Crippen molar-refractivity contribution in [1.29, 1.82) is 0 Å². The van der Waals surface area contributed by atoms with Crippen LogP contribution in [0.1, 0.15) is 171 Å². The van der Waals surface area contributed by atoms with Crippen LogP contribution in [0.2, 0.25) is 0 Å². The number of rotatable bonds is 18. The Morgan fingerprint density at radius 2 is 1.47 bits per heavy atom. The van der Waals surface area contributed by atoms with E-state index in [-0.39, 0.29) is 49.0 Å². The molecule has 1 saturated carbocycles. The van der Waals surface area contributed by atoms with E-state index in [1.165, 1.54) is 31.8 Å². The van der Waals surface area contributed by atoms with Crippen LogP contribution in [-0.4, -0.2) is 106 Å². The lowest BCUT2D eigenvalue weighted by molar-refractivity contribution is -0.198. The second-order valence-corrected chi connectivity index (χ2v) is 18.0. The van der Waals surface area contributed by atoms with Crippen molar-refractivity contribution in [3.8, 4) is 0 Å². The highest BCUT2D eigenvalue weighted by Crippen LogP contribution is 2.41. The smallest absolute Gasteiger partial charge is 0.135 e. The number of aliphatic hydroxyl groups excluding tert-OH is 4. The molecule has 58 heavy (non-hydrogen) atoms. The third-order valence-electron chi connectivity index (χ3n) is 12.7. The molecule has 4 aliphatic heterocycles. The third kappa shape index (κ3) is 17.5. The van der Waals surface area contributed by atoms with Gasteiger partial charge in [-0.2, -0.15) is 0 Å². The summed E-state index contributed by atoms with van der Waals surface area (Å²) < 4.78 is 19.0. The lowest BCUT2D eigenvalue weighted by Crippen LogP contribution is -2.55. The van der Waals surface area contributed by atoms with E-state index >= 15 is 0 Å². The Hall–Kier alpha value is -1.50. The summed E-state index contributed by atoms with van der Waals surface area (Å²) in [6, 6.07) is 0.403. The number of Topliss-reactive ketones (excluding diaryl/α,β-unsaturated/α-hetero) is 2. The molecule has 9 unspecified atom stereocenters.